The van der Waals surface area contributed by atoms with Crippen molar-refractivity contribution in [3.8, 4) is 11.5 Å². The maximum Gasteiger partial charge on any atom is 0.255 e. The van der Waals surface area contributed by atoms with Crippen LogP contribution in [0.3, 0.4) is 0 Å². The van der Waals surface area contributed by atoms with Gasteiger partial charge in [-0.15, -0.1) is 0 Å². The smallest absolute Gasteiger partial charge is 0.255 e. The van der Waals surface area contributed by atoms with Gasteiger partial charge in [0.1, 0.15) is 11.5 Å². The second-order valence-corrected chi connectivity index (χ2v) is 7.88. The van der Waals surface area contributed by atoms with Crippen molar-refractivity contribution in [2.24, 2.45) is 0 Å². The molecule has 0 aromatic heterocycles. The number of nitrogens with one attached hydrogen (secondary N) is 1. The lowest BCUT2D eigenvalue weighted by Gasteiger charge is -2.22. The first-order valence-corrected chi connectivity index (χ1v) is 11.3. The monoisotopic (exact) mass is 459 g/mol. The number of benzene rings is 2. The zero-order chi connectivity index (χ0) is 22.9. The lowest BCUT2D eigenvalue weighted by Crippen LogP contribution is -2.38. The fourth-order valence-electron chi connectivity index (χ4n) is 3.67. The molecule has 2 aromatic rings. The molecule has 0 radical (unpaired) electrons. The molecule has 1 aliphatic heterocycles. The Balaban J connectivity index is 1.59. The van der Waals surface area contributed by atoms with Gasteiger partial charge in [-0.2, -0.15) is 0 Å². The topological polar surface area (TPSA) is 71.1 Å². The summed E-state index contributed by atoms with van der Waals surface area (Å²) in [6, 6.07) is 12.5. The third-order valence-corrected chi connectivity index (χ3v) is 5.51. The first-order chi connectivity index (χ1) is 15.5. The Morgan fingerprint density at radius 2 is 1.78 bits per heavy atom. The molecule has 1 N–H and O–H groups in total. The number of halogens is 1. The Bertz CT molecular complexity index is 937. The largest absolute Gasteiger partial charge is 0.494 e. The summed E-state index contributed by atoms with van der Waals surface area (Å²) < 4.78 is 11.2. The summed E-state index contributed by atoms with van der Waals surface area (Å²) in [7, 11) is 0. The van der Waals surface area contributed by atoms with Crippen molar-refractivity contribution >= 4 is 29.1 Å². The van der Waals surface area contributed by atoms with Crippen LogP contribution in [0, 0.1) is 0 Å². The van der Waals surface area contributed by atoms with Crippen molar-refractivity contribution < 1.29 is 19.1 Å². The molecule has 1 fully saturated rings. The van der Waals surface area contributed by atoms with Crippen molar-refractivity contribution in [1.82, 2.24) is 9.80 Å². The Morgan fingerprint density at radius 1 is 1.00 bits per heavy atom. The number of rotatable bonds is 8. The molecule has 0 unspecified atom stereocenters. The summed E-state index contributed by atoms with van der Waals surface area (Å²) in [5.74, 6) is 1.08. The Morgan fingerprint density at radius 3 is 2.53 bits per heavy atom. The normalized spacial score (nSPS) is 14.5. The van der Waals surface area contributed by atoms with Gasteiger partial charge in [0, 0.05) is 32.2 Å². The number of carbonyl (C=O) groups excluding carboxylic acids is 2. The minimum absolute atomic E-state index is 0.0732. The molecule has 0 spiro atoms. The Labute approximate surface area is 194 Å². The van der Waals surface area contributed by atoms with Gasteiger partial charge in [0.15, 0.2) is 0 Å². The molecule has 0 saturated carbocycles. The van der Waals surface area contributed by atoms with Gasteiger partial charge in [0.05, 0.1) is 36.0 Å². The molecule has 1 saturated heterocycles. The van der Waals surface area contributed by atoms with Crippen LogP contribution in [0.2, 0.25) is 5.02 Å². The molecular weight excluding hydrogens is 430 g/mol. The van der Waals surface area contributed by atoms with E-state index in [4.69, 9.17) is 21.1 Å². The first-order valence-electron chi connectivity index (χ1n) is 11.0. The van der Waals surface area contributed by atoms with Gasteiger partial charge < -0.3 is 19.7 Å². The molecule has 1 aliphatic rings. The summed E-state index contributed by atoms with van der Waals surface area (Å²) in [4.78, 5) is 29.5. The standard InChI is InChI=1S/C24H30ClN3O4/c1-3-31-18-10-11-22(32-4-2)21(16-18)26-23(29)17-27-12-7-13-28(15-14-27)24(30)19-8-5-6-9-20(19)25/h5-6,8-11,16H,3-4,7,12-15,17H2,1-2H3,(H,26,29). The van der Waals surface area contributed by atoms with Gasteiger partial charge in [-0.05, 0) is 44.5 Å². The first kappa shape index (κ1) is 23.9. The maximum absolute atomic E-state index is 12.8. The average molecular weight is 460 g/mol. The van der Waals surface area contributed by atoms with Crippen LogP contribution in [-0.2, 0) is 4.79 Å². The van der Waals surface area contributed by atoms with Crippen LogP contribution in [0.4, 0.5) is 5.69 Å². The average Bonchev–Trinajstić information content (AvgIpc) is 3.01. The molecule has 7 nitrogen and oxygen atoms in total. The predicted octanol–water partition coefficient (Wildman–Crippen LogP) is 3.92. The second kappa shape index (κ2) is 11.7. The van der Waals surface area contributed by atoms with Crippen LogP contribution in [0.25, 0.3) is 0 Å². The van der Waals surface area contributed by atoms with Crippen LogP contribution in [-0.4, -0.2) is 67.6 Å². The minimum Gasteiger partial charge on any atom is -0.494 e. The van der Waals surface area contributed by atoms with Crippen LogP contribution >= 0.6 is 11.6 Å². The number of hydrogen-bond donors (Lipinski definition) is 1. The molecule has 0 bridgehead atoms. The third kappa shape index (κ3) is 6.37. The highest BCUT2D eigenvalue weighted by Gasteiger charge is 2.23. The molecule has 2 amide bonds. The number of anilines is 1. The van der Waals surface area contributed by atoms with E-state index in [0.717, 1.165) is 13.0 Å². The van der Waals surface area contributed by atoms with Crippen molar-refractivity contribution in [2.75, 3.05) is 51.3 Å². The fourth-order valence-corrected chi connectivity index (χ4v) is 3.89. The number of amides is 2. The van der Waals surface area contributed by atoms with E-state index in [9.17, 15) is 9.59 Å². The van der Waals surface area contributed by atoms with E-state index in [2.05, 4.69) is 10.2 Å². The highest BCUT2D eigenvalue weighted by atomic mass is 35.5. The fraction of sp³-hybridized carbons (Fsp3) is 0.417. The van der Waals surface area contributed by atoms with Crippen LogP contribution in [0.1, 0.15) is 30.6 Å². The minimum atomic E-state index is -0.134. The van der Waals surface area contributed by atoms with E-state index in [1.54, 1.807) is 29.2 Å². The zero-order valence-electron chi connectivity index (χ0n) is 18.6. The van der Waals surface area contributed by atoms with Gasteiger partial charge in [0.2, 0.25) is 5.91 Å². The van der Waals surface area contributed by atoms with Crippen molar-refractivity contribution in [3.05, 3.63) is 53.1 Å². The molecule has 1 heterocycles. The van der Waals surface area contributed by atoms with Crippen molar-refractivity contribution in [2.45, 2.75) is 20.3 Å². The molecule has 3 rings (SSSR count). The van der Waals surface area contributed by atoms with Gasteiger partial charge in [-0.1, -0.05) is 23.7 Å². The quantitative estimate of drug-likeness (QED) is 0.647. The predicted molar refractivity (Wildman–Crippen MR) is 126 cm³/mol. The van der Waals surface area contributed by atoms with E-state index in [-0.39, 0.29) is 18.4 Å². The van der Waals surface area contributed by atoms with E-state index in [1.807, 2.05) is 32.0 Å². The molecule has 172 valence electrons. The molecule has 32 heavy (non-hydrogen) atoms. The summed E-state index contributed by atoms with van der Waals surface area (Å²) in [5.41, 5.74) is 1.10. The van der Waals surface area contributed by atoms with E-state index in [0.29, 0.717) is 60.6 Å². The maximum atomic E-state index is 12.8. The van der Waals surface area contributed by atoms with Crippen molar-refractivity contribution in [1.29, 1.82) is 0 Å². The highest BCUT2D eigenvalue weighted by Crippen LogP contribution is 2.29. The highest BCUT2D eigenvalue weighted by molar-refractivity contribution is 6.33. The second-order valence-electron chi connectivity index (χ2n) is 7.47. The molecule has 0 atom stereocenters. The Hall–Kier alpha value is -2.77. The van der Waals surface area contributed by atoms with Gasteiger partial charge in [-0.3, -0.25) is 14.5 Å². The Kier molecular flexibility index (Phi) is 8.76. The van der Waals surface area contributed by atoms with Crippen molar-refractivity contribution in [3.63, 3.8) is 0 Å². The van der Waals surface area contributed by atoms with Crippen LogP contribution in [0.15, 0.2) is 42.5 Å². The lowest BCUT2D eigenvalue weighted by atomic mass is 10.2. The van der Waals surface area contributed by atoms with E-state index in [1.165, 1.54) is 0 Å². The number of hydrogen-bond acceptors (Lipinski definition) is 5. The number of nitrogens with zero attached hydrogens (tertiary/aromatic N) is 2. The van der Waals surface area contributed by atoms with E-state index >= 15 is 0 Å². The number of ether oxygens (including phenoxy) is 2. The van der Waals surface area contributed by atoms with Crippen LogP contribution < -0.4 is 14.8 Å². The molecule has 0 aliphatic carbocycles. The molecule has 2 aromatic carbocycles. The summed E-state index contributed by atoms with van der Waals surface area (Å²) in [6.07, 6.45) is 0.785. The number of carbonyl (C=O) groups is 2. The third-order valence-electron chi connectivity index (χ3n) is 5.18. The summed E-state index contributed by atoms with van der Waals surface area (Å²) >= 11 is 6.19. The van der Waals surface area contributed by atoms with Crippen LogP contribution in [0.5, 0.6) is 11.5 Å². The van der Waals surface area contributed by atoms with E-state index < -0.39 is 0 Å². The zero-order valence-corrected chi connectivity index (χ0v) is 19.4. The molecular formula is C24H30ClN3O4. The van der Waals surface area contributed by atoms with Gasteiger partial charge in [0.25, 0.3) is 5.91 Å². The lowest BCUT2D eigenvalue weighted by molar-refractivity contribution is -0.117. The SMILES string of the molecule is CCOc1ccc(OCC)c(NC(=O)CN2CCCN(C(=O)c3ccccc3Cl)CC2)c1. The van der Waals surface area contributed by atoms with Gasteiger partial charge in [-0.25, -0.2) is 0 Å². The summed E-state index contributed by atoms with van der Waals surface area (Å²) in [6.45, 7) is 7.60. The summed E-state index contributed by atoms with van der Waals surface area (Å²) in [5, 5.41) is 3.40. The van der Waals surface area contributed by atoms with Gasteiger partial charge >= 0.3 is 0 Å². The molecule has 8 heteroatoms.